The first-order valence-corrected chi connectivity index (χ1v) is 8.53. The molecule has 0 saturated carbocycles. The monoisotopic (exact) mass is 393 g/mol. The van der Waals surface area contributed by atoms with Crippen LogP contribution in [0, 0.1) is 11.3 Å². The minimum atomic E-state index is -0.602. The lowest BCUT2D eigenvalue weighted by molar-refractivity contribution is 0.104. The summed E-state index contributed by atoms with van der Waals surface area (Å²) in [6.45, 7) is 3.69. The molecule has 0 saturated heterocycles. The molecule has 0 spiro atoms. The van der Waals surface area contributed by atoms with E-state index in [-0.39, 0.29) is 5.78 Å². The highest BCUT2D eigenvalue weighted by Gasteiger charge is 2.21. The lowest BCUT2D eigenvalue weighted by atomic mass is 9.85. The minimum Gasteiger partial charge on any atom is -0.397 e. The Bertz CT molecular complexity index is 1010. The van der Waals surface area contributed by atoms with Crippen molar-refractivity contribution in [2.45, 2.75) is 19.3 Å². The summed E-state index contributed by atoms with van der Waals surface area (Å²) in [5.74, 6) is -0.163. The number of hydrogen-bond donors (Lipinski definition) is 1. The summed E-state index contributed by atoms with van der Waals surface area (Å²) in [7, 11) is 0. The van der Waals surface area contributed by atoms with E-state index in [0.717, 1.165) is 10.0 Å². The van der Waals surface area contributed by atoms with Crippen LogP contribution in [0.2, 0.25) is 0 Å². The lowest BCUT2D eigenvalue weighted by Gasteiger charge is -2.16. The molecule has 1 heterocycles. The highest BCUT2D eigenvalue weighted by molar-refractivity contribution is 9.10. The highest BCUT2D eigenvalue weighted by atomic mass is 79.9. The smallest absolute Gasteiger partial charge is 0.195 e. The first-order valence-electron chi connectivity index (χ1n) is 7.74. The summed E-state index contributed by atoms with van der Waals surface area (Å²) in [6, 6.07) is 14.9. The number of nitrogens with zero attached hydrogens (tertiary/aromatic N) is 2. The van der Waals surface area contributed by atoms with Crippen molar-refractivity contribution in [3.63, 3.8) is 0 Å². The van der Waals surface area contributed by atoms with Crippen molar-refractivity contribution in [3.05, 3.63) is 69.8 Å². The molecule has 0 aliphatic carbocycles. The van der Waals surface area contributed by atoms with Gasteiger partial charge in [0, 0.05) is 15.4 Å². The third-order valence-electron chi connectivity index (χ3n) is 4.23. The Kier molecular flexibility index (Phi) is 4.32. The molecule has 3 rings (SSSR count). The maximum atomic E-state index is 13.0. The van der Waals surface area contributed by atoms with Gasteiger partial charge >= 0.3 is 0 Å². The quantitative estimate of drug-likeness (QED) is 0.658. The van der Waals surface area contributed by atoms with Gasteiger partial charge in [0.15, 0.2) is 5.78 Å². The summed E-state index contributed by atoms with van der Waals surface area (Å²) in [4.78, 5) is 17.3. The molecule has 0 amide bonds. The number of nitrogens with two attached hydrogens (primary N) is 1. The predicted molar refractivity (Wildman–Crippen MR) is 102 cm³/mol. The van der Waals surface area contributed by atoms with E-state index in [0.29, 0.717) is 27.7 Å². The van der Waals surface area contributed by atoms with Gasteiger partial charge in [-0.15, -0.1) is 0 Å². The van der Waals surface area contributed by atoms with Gasteiger partial charge in [-0.1, -0.05) is 40.2 Å². The van der Waals surface area contributed by atoms with Crippen molar-refractivity contribution in [3.8, 4) is 6.07 Å². The fourth-order valence-electron chi connectivity index (χ4n) is 2.68. The molecule has 0 bridgehead atoms. The molecule has 0 aliphatic heterocycles. The number of benzene rings is 2. The third kappa shape index (κ3) is 3.13. The second kappa shape index (κ2) is 6.30. The molecule has 4 nitrogen and oxygen atoms in total. The first-order chi connectivity index (χ1) is 11.8. The highest BCUT2D eigenvalue weighted by Crippen LogP contribution is 2.29. The molecule has 0 aliphatic rings. The predicted octanol–water partition coefficient (Wildman–Crippen LogP) is 4.61. The van der Waals surface area contributed by atoms with Crippen molar-refractivity contribution in [2.24, 2.45) is 0 Å². The number of aromatic nitrogens is 1. The number of carbonyl (C=O) groups excluding carboxylic acids is 1. The number of nitriles is 1. The molecular weight excluding hydrogens is 378 g/mol. The SMILES string of the molecule is CC(C)(C#N)c1ccc(C(=O)c2c(N)cnc3ccc(Br)cc23)cc1. The van der Waals surface area contributed by atoms with E-state index in [1.807, 2.05) is 44.2 Å². The molecule has 0 atom stereocenters. The van der Waals surface area contributed by atoms with Crippen molar-refractivity contribution >= 4 is 38.3 Å². The summed E-state index contributed by atoms with van der Waals surface area (Å²) in [5, 5.41) is 9.95. The van der Waals surface area contributed by atoms with Gasteiger partial charge in [0.1, 0.15) is 0 Å². The topological polar surface area (TPSA) is 79.8 Å². The van der Waals surface area contributed by atoms with Gasteiger partial charge in [0.2, 0.25) is 0 Å². The fourth-order valence-corrected chi connectivity index (χ4v) is 3.04. The van der Waals surface area contributed by atoms with E-state index in [1.165, 1.54) is 6.20 Å². The van der Waals surface area contributed by atoms with Crippen LogP contribution in [0.4, 0.5) is 5.69 Å². The Morgan fingerprint density at radius 2 is 1.88 bits per heavy atom. The number of fused-ring (bicyclic) bond motifs is 1. The van der Waals surface area contributed by atoms with E-state index >= 15 is 0 Å². The van der Waals surface area contributed by atoms with Crippen LogP contribution in [0.25, 0.3) is 10.9 Å². The molecule has 0 unspecified atom stereocenters. The van der Waals surface area contributed by atoms with Crippen molar-refractivity contribution < 1.29 is 4.79 Å². The zero-order valence-electron chi connectivity index (χ0n) is 13.9. The molecule has 25 heavy (non-hydrogen) atoms. The van der Waals surface area contributed by atoms with Gasteiger partial charge in [-0.2, -0.15) is 5.26 Å². The van der Waals surface area contributed by atoms with Crippen LogP contribution in [0.1, 0.15) is 35.3 Å². The zero-order chi connectivity index (χ0) is 18.2. The normalized spacial score (nSPS) is 11.3. The van der Waals surface area contributed by atoms with Gasteiger partial charge < -0.3 is 5.73 Å². The molecule has 1 aromatic heterocycles. The molecule has 124 valence electrons. The van der Waals surface area contributed by atoms with Gasteiger partial charge in [-0.05, 0) is 37.6 Å². The van der Waals surface area contributed by atoms with Crippen LogP contribution in [0.5, 0.6) is 0 Å². The van der Waals surface area contributed by atoms with E-state index in [2.05, 4.69) is 27.0 Å². The van der Waals surface area contributed by atoms with Gasteiger partial charge in [0.25, 0.3) is 0 Å². The Morgan fingerprint density at radius 1 is 1.20 bits per heavy atom. The van der Waals surface area contributed by atoms with Crippen LogP contribution in [-0.2, 0) is 5.41 Å². The number of anilines is 1. The van der Waals surface area contributed by atoms with E-state index in [9.17, 15) is 10.1 Å². The molecular formula is C20H16BrN3O. The van der Waals surface area contributed by atoms with Crippen molar-refractivity contribution in [2.75, 3.05) is 5.73 Å². The number of rotatable bonds is 3. The van der Waals surface area contributed by atoms with Crippen LogP contribution in [0.3, 0.4) is 0 Å². The maximum absolute atomic E-state index is 13.0. The number of hydrogen-bond acceptors (Lipinski definition) is 4. The number of nitrogen functional groups attached to an aromatic ring is 1. The molecule has 0 fully saturated rings. The standard InChI is InChI=1S/C20H16BrN3O/c1-20(2,11-22)13-5-3-12(4-6-13)19(25)18-15-9-14(21)7-8-17(15)24-10-16(18)23/h3-10H,23H2,1-2H3. The molecule has 5 heteroatoms. The average molecular weight is 394 g/mol. The third-order valence-corrected chi connectivity index (χ3v) is 4.73. The fraction of sp³-hybridized carbons (Fsp3) is 0.150. The summed E-state index contributed by atoms with van der Waals surface area (Å²) >= 11 is 3.43. The first kappa shape index (κ1) is 17.1. The van der Waals surface area contributed by atoms with Gasteiger partial charge in [-0.3, -0.25) is 9.78 Å². The summed E-state index contributed by atoms with van der Waals surface area (Å²) < 4.78 is 0.854. The minimum absolute atomic E-state index is 0.163. The number of ketones is 1. The zero-order valence-corrected chi connectivity index (χ0v) is 15.5. The second-order valence-electron chi connectivity index (χ2n) is 6.39. The van der Waals surface area contributed by atoms with Crippen LogP contribution >= 0.6 is 15.9 Å². The number of halogens is 1. The van der Waals surface area contributed by atoms with Gasteiger partial charge in [0.05, 0.1) is 34.4 Å². The molecule has 2 aromatic carbocycles. The van der Waals surface area contributed by atoms with Crippen molar-refractivity contribution in [1.29, 1.82) is 5.26 Å². The summed E-state index contributed by atoms with van der Waals surface area (Å²) in [5.41, 5.74) is 8.34. The Morgan fingerprint density at radius 3 is 2.52 bits per heavy atom. The molecule has 3 aromatic rings. The Labute approximate surface area is 154 Å². The van der Waals surface area contributed by atoms with Crippen LogP contribution in [0.15, 0.2) is 53.1 Å². The van der Waals surface area contributed by atoms with Crippen LogP contribution in [-0.4, -0.2) is 10.8 Å². The maximum Gasteiger partial charge on any atom is 0.195 e. The van der Waals surface area contributed by atoms with Gasteiger partial charge in [-0.25, -0.2) is 0 Å². The lowest BCUT2D eigenvalue weighted by Crippen LogP contribution is -2.14. The van der Waals surface area contributed by atoms with E-state index in [1.54, 1.807) is 12.1 Å². The number of pyridine rings is 1. The Balaban J connectivity index is 2.10. The average Bonchev–Trinajstić information content (AvgIpc) is 2.61. The second-order valence-corrected chi connectivity index (χ2v) is 7.31. The molecule has 2 N–H and O–H groups in total. The molecule has 0 radical (unpaired) electrons. The van der Waals surface area contributed by atoms with E-state index < -0.39 is 5.41 Å². The van der Waals surface area contributed by atoms with E-state index in [4.69, 9.17) is 5.73 Å². The van der Waals surface area contributed by atoms with Crippen molar-refractivity contribution in [1.82, 2.24) is 4.98 Å². The largest absolute Gasteiger partial charge is 0.397 e. The number of carbonyl (C=O) groups is 1. The van der Waals surface area contributed by atoms with Crippen LogP contribution < -0.4 is 5.73 Å². The summed E-state index contributed by atoms with van der Waals surface area (Å²) in [6.07, 6.45) is 1.51. The Hall–Kier alpha value is -2.71.